The molecule has 1 aromatic carbocycles. The highest BCUT2D eigenvalue weighted by molar-refractivity contribution is 5.96. The van der Waals surface area contributed by atoms with Crippen LogP contribution in [0, 0.1) is 0 Å². The standard InChI is InChI=1S/C15H25N3O2/c1-11(2)20-9-5-4-8-18-14-10-12(15(19)17-3)6-7-13(14)16/h6-7,10-11,18H,4-5,8-9,16H2,1-3H3,(H,17,19). The third-order valence-corrected chi connectivity index (χ3v) is 2.88. The predicted molar refractivity (Wildman–Crippen MR) is 83.1 cm³/mol. The molecule has 0 heterocycles. The van der Waals surface area contributed by atoms with Crippen LogP contribution in [0.4, 0.5) is 11.4 Å². The molecular formula is C15H25N3O2. The second kappa shape index (κ2) is 8.43. The van der Waals surface area contributed by atoms with Crippen molar-refractivity contribution in [2.45, 2.75) is 32.8 Å². The number of benzene rings is 1. The number of nitrogen functional groups attached to an aromatic ring is 1. The van der Waals surface area contributed by atoms with Crippen LogP contribution in [-0.4, -0.2) is 32.2 Å². The summed E-state index contributed by atoms with van der Waals surface area (Å²) in [6.07, 6.45) is 2.28. The van der Waals surface area contributed by atoms with Crippen molar-refractivity contribution in [2.75, 3.05) is 31.2 Å². The molecule has 20 heavy (non-hydrogen) atoms. The maximum Gasteiger partial charge on any atom is 0.251 e. The zero-order valence-electron chi connectivity index (χ0n) is 12.5. The number of nitrogens with two attached hydrogens (primary N) is 1. The van der Waals surface area contributed by atoms with E-state index in [2.05, 4.69) is 10.6 Å². The Bertz CT molecular complexity index is 433. The van der Waals surface area contributed by atoms with E-state index < -0.39 is 0 Å². The van der Waals surface area contributed by atoms with Gasteiger partial charge in [0.1, 0.15) is 0 Å². The van der Waals surface area contributed by atoms with Gasteiger partial charge in [-0.05, 0) is 44.9 Å². The number of amides is 1. The molecule has 4 N–H and O–H groups in total. The summed E-state index contributed by atoms with van der Waals surface area (Å²) in [7, 11) is 1.61. The Kier molecular flexibility index (Phi) is 6.87. The minimum Gasteiger partial charge on any atom is -0.397 e. The van der Waals surface area contributed by atoms with Crippen LogP contribution in [0.2, 0.25) is 0 Å². The Labute approximate surface area is 120 Å². The van der Waals surface area contributed by atoms with Crippen molar-refractivity contribution >= 4 is 17.3 Å². The van der Waals surface area contributed by atoms with Gasteiger partial charge >= 0.3 is 0 Å². The molecule has 0 unspecified atom stereocenters. The van der Waals surface area contributed by atoms with Crippen molar-refractivity contribution in [3.05, 3.63) is 23.8 Å². The van der Waals surface area contributed by atoms with Crippen LogP contribution in [-0.2, 0) is 4.74 Å². The number of anilines is 2. The average Bonchev–Trinajstić information content (AvgIpc) is 2.43. The van der Waals surface area contributed by atoms with Crippen molar-refractivity contribution in [3.8, 4) is 0 Å². The molecule has 0 aromatic heterocycles. The van der Waals surface area contributed by atoms with E-state index in [0.29, 0.717) is 11.3 Å². The number of hydrogen-bond donors (Lipinski definition) is 3. The van der Waals surface area contributed by atoms with E-state index in [4.69, 9.17) is 10.5 Å². The monoisotopic (exact) mass is 279 g/mol. The molecule has 0 fully saturated rings. The zero-order chi connectivity index (χ0) is 15.0. The number of rotatable bonds is 8. The molecule has 0 spiro atoms. The molecule has 1 rings (SSSR count). The topological polar surface area (TPSA) is 76.4 Å². The van der Waals surface area contributed by atoms with Crippen LogP contribution in [0.15, 0.2) is 18.2 Å². The van der Waals surface area contributed by atoms with Gasteiger partial charge in [0.2, 0.25) is 0 Å². The Morgan fingerprint density at radius 3 is 2.75 bits per heavy atom. The Balaban J connectivity index is 2.41. The van der Waals surface area contributed by atoms with Gasteiger partial charge in [-0.1, -0.05) is 0 Å². The third-order valence-electron chi connectivity index (χ3n) is 2.88. The summed E-state index contributed by atoms with van der Waals surface area (Å²) in [4.78, 5) is 11.6. The molecule has 1 amide bonds. The fraction of sp³-hybridized carbons (Fsp3) is 0.533. The van der Waals surface area contributed by atoms with Gasteiger partial charge in [0.05, 0.1) is 17.5 Å². The first-order valence-electron chi connectivity index (χ1n) is 7.01. The Morgan fingerprint density at radius 2 is 2.10 bits per heavy atom. The summed E-state index contributed by atoms with van der Waals surface area (Å²) < 4.78 is 5.48. The molecule has 5 nitrogen and oxygen atoms in total. The van der Waals surface area contributed by atoms with Gasteiger partial charge in [-0.15, -0.1) is 0 Å². The van der Waals surface area contributed by atoms with E-state index in [1.165, 1.54) is 0 Å². The predicted octanol–water partition coefficient (Wildman–Crippen LogP) is 2.25. The number of hydrogen-bond acceptors (Lipinski definition) is 4. The van der Waals surface area contributed by atoms with Crippen molar-refractivity contribution in [3.63, 3.8) is 0 Å². The fourth-order valence-corrected chi connectivity index (χ4v) is 1.76. The lowest BCUT2D eigenvalue weighted by atomic mass is 10.1. The fourth-order valence-electron chi connectivity index (χ4n) is 1.76. The molecule has 0 aliphatic heterocycles. The molecule has 0 saturated heterocycles. The van der Waals surface area contributed by atoms with Gasteiger partial charge in [0.15, 0.2) is 0 Å². The highest BCUT2D eigenvalue weighted by Gasteiger charge is 2.06. The highest BCUT2D eigenvalue weighted by atomic mass is 16.5. The molecule has 5 heteroatoms. The lowest BCUT2D eigenvalue weighted by molar-refractivity contribution is 0.0765. The van der Waals surface area contributed by atoms with E-state index in [1.807, 2.05) is 13.8 Å². The first-order valence-corrected chi connectivity index (χ1v) is 7.01. The van der Waals surface area contributed by atoms with Crippen LogP contribution in [0.1, 0.15) is 37.0 Å². The first-order chi connectivity index (χ1) is 9.54. The molecule has 0 radical (unpaired) electrons. The minimum atomic E-state index is -0.113. The lowest BCUT2D eigenvalue weighted by Crippen LogP contribution is -2.18. The number of carbonyl (C=O) groups is 1. The molecule has 112 valence electrons. The summed E-state index contributed by atoms with van der Waals surface area (Å²) in [5.74, 6) is -0.113. The maximum absolute atomic E-state index is 11.6. The van der Waals surface area contributed by atoms with E-state index in [0.717, 1.165) is 31.7 Å². The van der Waals surface area contributed by atoms with E-state index in [1.54, 1.807) is 25.2 Å². The van der Waals surface area contributed by atoms with Gasteiger partial charge in [0.25, 0.3) is 5.91 Å². The van der Waals surface area contributed by atoms with Crippen molar-refractivity contribution in [1.82, 2.24) is 5.32 Å². The van der Waals surface area contributed by atoms with Crippen LogP contribution >= 0.6 is 0 Å². The SMILES string of the molecule is CNC(=O)c1ccc(N)c(NCCCCOC(C)C)c1. The van der Waals surface area contributed by atoms with E-state index in [-0.39, 0.29) is 12.0 Å². The Hall–Kier alpha value is -1.75. The van der Waals surface area contributed by atoms with E-state index >= 15 is 0 Å². The van der Waals surface area contributed by atoms with Gasteiger partial charge < -0.3 is 21.1 Å². The number of nitrogens with one attached hydrogen (secondary N) is 2. The normalized spacial score (nSPS) is 10.6. The summed E-state index contributed by atoms with van der Waals surface area (Å²) in [6.45, 7) is 5.64. The molecule has 0 atom stereocenters. The van der Waals surface area contributed by atoms with Gasteiger partial charge in [0, 0.05) is 25.8 Å². The van der Waals surface area contributed by atoms with Crippen LogP contribution in [0.3, 0.4) is 0 Å². The molecule has 1 aromatic rings. The molecule has 0 bridgehead atoms. The van der Waals surface area contributed by atoms with Gasteiger partial charge in [-0.2, -0.15) is 0 Å². The minimum absolute atomic E-state index is 0.113. The van der Waals surface area contributed by atoms with E-state index in [9.17, 15) is 4.79 Å². The van der Waals surface area contributed by atoms with Gasteiger partial charge in [-0.3, -0.25) is 4.79 Å². The second-order valence-corrected chi connectivity index (χ2v) is 4.93. The summed E-state index contributed by atoms with van der Waals surface area (Å²) in [6, 6.07) is 5.24. The lowest BCUT2D eigenvalue weighted by Gasteiger charge is -2.11. The highest BCUT2D eigenvalue weighted by Crippen LogP contribution is 2.20. The second-order valence-electron chi connectivity index (χ2n) is 4.93. The maximum atomic E-state index is 11.6. The van der Waals surface area contributed by atoms with Crippen molar-refractivity contribution < 1.29 is 9.53 Å². The first kappa shape index (κ1) is 16.3. The van der Waals surface area contributed by atoms with Crippen LogP contribution in [0.25, 0.3) is 0 Å². The summed E-state index contributed by atoms with van der Waals surface area (Å²) >= 11 is 0. The summed E-state index contributed by atoms with van der Waals surface area (Å²) in [5.41, 5.74) is 7.95. The molecular weight excluding hydrogens is 254 g/mol. The number of unbranched alkanes of at least 4 members (excludes halogenated alkanes) is 1. The van der Waals surface area contributed by atoms with Crippen molar-refractivity contribution in [1.29, 1.82) is 0 Å². The molecule has 0 aliphatic carbocycles. The van der Waals surface area contributed by atoms with Gasteiger partial charge in [-0.25, -0.2) is 0 Å². The third kappa shape index (κ3) is 5.48. The molecule has 0 saturated carbocycles. The quantitative estimate of drug-likeness (QED) is 0.504. The largest absolute Gasteiger partial charge is 0.397 e. The zero-order valence-corrected chi connectivity index (χ0v) is 12.5. The smallest absolute Gasteiger partial charge is 0.251 e. The average molecular weight is 279 g/mol. The van der Waals surface area contributed by atoms with Crippen LogP contribution < -0.4 is 16.4 Å². The number of ether oxygens (including phenoxy) is 1. The van der Waals surface area contributed by atoms with Crippen molar-refractivity contribution in [2.24, 2.45) is 0 Å². The Morgan fingerprint density at radius 1 is 1.35 bits per heavy atom. The van der Waals surface area contributed by atoms with Crippen LogP contribution in [0.5, 0.6) is 0 Å². The number of carbonyl (C=O) groups excluding carboxylic acids is 1. The molecule has 0 aliphatic rings. The summed E-state index contributed by atoms with van der Waals surface area (Å²) in [5, 5.41) is 5.86.